The molecule has 1 aliphatic rings. The van der Waals surface area contributed by atoms with E-state index >= 15 is 0 Å². The van der Waals surface area contributed by atoms with E-state index in [1.807, 2.05) is 6.07 Å². The van der Waals surface area contributed by atoms with Crippen LogP contribution in [0.2, 0.25) is 4.34 Å². The number of halogens is 1. The van der Waals surface area contributed by atoms with Gasteiger partial charge in [0.25, 0.3) is 0 Å². The minimum atomic E-state index is 0.847. The first-order valence-electron chi connectivity index (χ1n) is 6.68. The third kappa shape index (κ3) is 3.97. The molecule has 3 heteroatoms. The summed E-state index contributed by atoms with van der Waals surface area (Å²) in [5, 5.41) is 3.36. The molecule has 1 nitrogen and oxygen atoms in total. The lowest BCUT2D eigenvalue weighted by Crippen LogP contribution is -2.26. The van der Waals surface area contributed by atoms with Crippen LogP contribution < -0.4 is 5.32 Å². The lowest BCUT2D eigenvalue weighted by Gasteiger charge is -2.24. The van der Waals surface area contributed by atoms with Gasteiger partial charge in [0.1, 0.15) is 0 Å². The van der Waals surface area contributed by atoms with Crippen LogP contribution in [0, 0.1) is 11.8 Å². The average Bonchev–Trinajstić information content (AvgIpc) is 2.58. The maximum atomic E-state index is 6.01. The van der Waals surface area contributed by atoms with Crippen LogP contribution in [0.3, 0.4) is 0 Å². The van der Waals surface area contributed by atoms with Gasteiger partial charge in [0, 0.05) is 4.88 Å². The zero-order valence-corrected chi connectivity index (χ0v) is 12.1. The second kappa shape index (κ2) is 6.77. The Labute approximate surface area is 114 Å². The Hall–Kier alpha value is -0.0500. The van der Waals surface area contributed by atoms with Crippen molar-refractivity contribution in [2.45, 2.75) is 38.5 Å². The highest BCUT2D eigenvalue weighted by molar-refractivity contribution is 7.16. The van der Waals surface area contributed by atoms with Crippen LogP contribution in [0.25, 0.3) is 0 Å². The van der Waals surface area contributed by atoms with Crippen molar-refractivity contribution in [1.82, 2.24) is 5.32 Å². The van der Waals surface area contributed by atoms with Crippen molar-refractivity contribution < 1.29 is 0 Å². The normalized spacial score (nSPS) is 25.8. The molecular formula is C14H22ClNS. The summed E-state index contributed by atoms with van der Waals surface area (Å²) in [4.78, 5) is 1.46. The highest BCUT2D eigenvalue weighted by Gasteiger charge is 2.23. The first kappa shape index (κ1) is 13.4. The molecule has 1 fully saturated rings. The molecule has 0 amide bonds. The Morgan fingerprint density at radius 1 is 1.24 bits per heavy atom. The van der Waals surface area contributed by atoms with Gasteiger partial charge in [-0.3, -0.25) is 0 Å². The van der Waals surface area contributed by atoms with Crippen molar-refractivity contribution in [2.24, 2.45) is 11.8 Å². The summed E-state index contributed by atoms with van der Waals surface area (Å²) in [6.45, 7) is 1.17. The van der Waals surface area contributed by atoms with Gasteiger partial charge >= 0.3 is 0 Å². The van der Waals surface area contributed by atoms with E-state index in [2.05, 4.69) is 18.4 Å². The van der Waals surface area contributed by atoms with Crippen LogP contribution in [0.4, 0.5) is 0 Å². The third-order valence-electron chi connectivity index (χ3n) is 3.88. The van der Waals surface area contributed by atoms with Gasteiger partial charge < -0.3 is 5.32 Å². The van der Waals surface area contributed by atoms with Gasteiger partial charge in [0.05, 0.1) is 4.34 Å². The molecule has 1 aromatic heterocycles. The van der Waals surface area contributed by atoms with Gasteiger partial charge in [-0.2, -0.15) is 0 Å². The number of thiophene rings is 1. The molecule has 0 saturated heterocycles. The largest absolute Gasteiger partial charge is 0.319 e. The lowest BCUT2D eigenvalue weighted by atomic mass is 9.85. The molecule has 1 aromatic rings. The smallest absolute Gasteiger partial charge is 0.0931 e. The molecule has 1 N–H and O–H groups in total. The van der Waals surface area contributed by atoms with Crippen LogP contribution in [0.5, 0.6) is 0 Å². The third-order valence-corrected chi connectivity index (χ3v) is 5.13. The monoisotopic (exact) mass is 271 g/mol. The molecule has 0 aromatic carbocycles. The summed E-state index contributed by atoms with van der Waals surface area (Å²) >= 11 is 7.77. The van der Waals surface area contributed by atoms with Crippen LogP contribution >= 0.6 is 22.9 Å². The molecule has 0 spiro atoms. The lowest BCUT2D eigenvalue weighted by molar-refractivity contribution is 0.305. The summed E-state index contributed by atoms with van der Waals surface area (Å²) in [5.41, 5.74) is 0. The second-order valence-electron chi connectivity index (χ2n) is 5.13. The standard InChI is InChI=1S/C14H22ClNS/c1-16-10-12-6-4-2-3-5-11(12)9-13-7-8-14(15)17-13/h7-8,11-12,16H,2-6,9-10H2,1H3. The Kier molecular flexibility index (Phi) is 5.33. The molecule has 1 aliphatic carbocycles. The predicted octanol–water partition coefficient (Wildman–Crippen LogP) is 4.36. The van der Waals surface area contributed by atoms with Crippen molar-refractivity contribution in [3.63, 3.8) is 0 Å². The molecule has 2 atom stereocenters. The number of nitrogens with one attached hydrogen (secondary N) is 1. The Morgan fingerprint density at radius 3 is 2.65 bits per heavy atom. The van der Waals surface area contributed by atoms with Crippen LogP contribution in [-0.2, 0) is 6.42 Å². The Morgan fingerprint density at radius 2 is 2.00 bits per heavy atom. The van der Waals surface area contributed by atoms with Crippen LogP contribution in [-0.4, -0.2) is 13.6 Å². The van der Waals surface area contributed by atoms with E-state index in [0.717, 1.165) is 16.2 Å². The Balaban J connectivity index is 1.99. The van der Waals surface area contributed by atoms with Gasteiger partial charge in [0.2, 0.25) is 0 Å². The number of hydrogen-bond acceptors (Lipinski definition) is 2. The predicted molar refractivity (Wildman–Crippen MR) is 77.0 cm³/mol. The molecule has 2 unspecified atom stereocenters. The molecular weight excluding hydrogens is 250 g/mol. The van der Waals surface area contributed by atoms with Gasteiger partial charge in [0.15, 0.2) is 0 Å². The first-order chi connectivity index (χ1) is 8.29. The Bertz CT molecular complexity index is 337. The topological polar surface area (TPSA) is 12.0 Å². The first-order valence-corrected chi connectivity index (χ1v) is 7.88. The van der Waals surface area contributed by atoms with Gasteiger partial charge in [-0.05, 0) is 56.8 Å². The van der Waals surface area contributed by atoms with Crippen molar-refractivity contribution in [3.8, 4) is 0 Å². The zero-order chi connectivity index (χ0) is 12.1. The van der Waals surface area contributed by atoms with Crippen molar-refractivity contribution in [3.05, 3.63) is 21.3 Å². The van der Waals surface area contributed by atoms with E-state index in [1.54, 1.807) is 11.3 Å². The van der Waals surface area contributed by atoms with Gasteiger partial charge in [-0.1, -0.05) is 30.9 Å². The summed E-state index contributed by atoms with van der Waals surface area (Å²) in [6, 6.07) is 4.24. The molecule has 0 aliphatic heterocycles. The maximum absolute atomic E-state index is 6.01. The van der Waals surface area contributed by atoms with E-state index in [0.29, 0.717) is 0 Å². The molecule has 1 saturated carbocycles. The molecule has 1 heterocycles. The van der Waals surface area contributed by atoms with E-state index in [-0.39, 0.29) is 0 Å². The number of rotatable bonds is 4. The SMILES string of the molecule is CNCC1CCCCCC1Cc1ccc(Cl)s1. The molecule has 2 rings (SSSR count). The van der Waals surface area contributed by atoms with Crippen molar-refractivity contribution in [1.29, 1.82) is 0 Å². The van der Waals surface area contributed by atoms with E-state index in [4.69, 9.17) is 11.6 Å². The molecule has 96 valence electrons. The maximum Gasteiger partial charge on any atom is 0.0931 e. The summed E-state index contributed by atoms with van der Waals surface area (Å²) in [6.07, 6.45) is 8.25. The fourth-order valence-electron chi connectivity index (χ4n) is 2.98. The van der Waals surface area contributed by atoms with E-state index in [9.17, 15) is 0 Å². The minimum absolute atomic E-state index is 0.847. The summed E-state index contributed by atoms with van der Waals surface area (Å²) in [7, 11) is 2.07. The fraction of sp³-hybridized carbons (Fsp3) is 0.714. The molecule has 17 heavy (non-hydrogen) atoms. The average molecular weight is 272 g/mol. The zero-order valence-electron chi connectivity index (χ0n) is 10.5. The van der Waals surface area contributed by atoms with E-state index in [1.165, 1.54) is 49.9 Å². The van der Waals surface area contributed by atoms with Crippen LogP contribution in [0.15, 0.2) is 12.1 Å². The number of hydrogen-bond donors (Lipinski definition) is 1. The summed E-state index contributed by atoms with van der Waals surface area (Å²) < 4.78 is 0.929. The highest BCUT2D eigenvalue weighted by atomic mass is 35.5. The highest BCUT2D eigenvalue weighted by Crippen LogP contribution is 2.33. The van der Waals surface area contributed by atoms with Crippen molar-refractivity contribution >= 4 is 22.9 Å². The van der Waals surface area contributed by atoms with E-state index < -0.39 is 0 Å². The second-order valence-corrected chi connectivity index (χ2v) is 6.93. The van der Waals surface area contributed by atoms with Crippen LogP contribution in [0.1, 0.15) is 37.0 Å². The fourth-order valence-corrected chi connectivity index (χ4v) is 4.16. The quantitative estimate of drug-likeness (QED) is 0.803. The van der Waals surface area contributed by atoms with Gasteiger partial charge in [-0.25, -0.2) is 0 Å². The molecule has 0 radical (unpaired) electrons. The summed E-state index contributed by atoms with van der Waals surface area (Å²) in [5.74, 6) is 1.70. The minimum Gasteiger partial charge on any atom is -0.319 e. The molecule has 0 bridgehead atoms. The van der Waals surface area contributed by atoms with Gasteiger partial charge in [-0.15, -0.1) is 11.3 Å². The van der Waals surface area contributed by atoms with Crippen molar-refractivity contribution in [2.75, 3.05) is 13.6 Å².